The van der Waals surface area contributed by atoms with Crippen molar-refractivity contribution >= 4 is 17.4 Å². The van der Waals surface area contributed by atoms with Gasteiger partial charge in [-0.15, -0.1) is 0 Å². The quantitative estimate of drug-likeness (QED) is 0.701. The lowest BCUT2D eigenvalue weighted by Gasteiger charge is -2.41. The van der Waals surface area contributed by atoms with Crippen LogP contribution < -0.4 is 10.6 Å². The first kappa shape index (κ1) is 22.1. The molecule has 2 aromatic rings. The Kier molecular flexibility index (Phi) is 6.33. The predicted octanol–water partition coefficient (Wildman–Crippen LogP) is 3.46. The van der Waals surface area contributed by atoms with Gasteiger partial charge in [0, 0.05) is 50.0 Å². The molecule has 0 bridgehead atoms. The van der Waals surface area contributed by atoms with Crippen molar-refractivity contribution in [2.24, 2.45) is 0 Å². The number of nitrogens with zero attached hydrogens (tertiary/aromatic N) is 4. The number of ether oxygens (including phenoxy) is 1. The molecule has 7 nitrogen and oxygen atoms in total. The van der Waals surface area contributed by atoms with Crippen LogP contribution in [0.25, 0.3) is 11.1 Å². The number of carbonyl (C=O) groups excluding carboxylic acids is 1. The zero-order valence-electron chi connectivity index (χ0n) is 19.1. The van der Waals surface area contributed by atoms with Crippen LogP contribution in [0, 0.1) is 18.3 Å². The van der Waals surface area contributed by atoms with Crippen molar-refractivity contribution in [1.29, 1.82) is 5.26 Å². The Hall–Kier alpha value is -3.11. The van der Waals surface area contributed by atoms with Gasteiger partial charge in [0.05, 0.1) is 24.3 Å². The summed E-state index contributed by atoms with van der Waals surface area (Å²) in [7, 11) is 1.61. The number of nitrogen functional groups attached to an aromatic ring is 1. The number of hydrogen-bond donors (Lipinski definition) is 1. The highest BCUT2D eigenvalue weighted by Crippen LogP contribution is 2.46. The van der Waals surface area contributed by atoms with Crippen molar-refractivity contribution in [2.75, 3.05) is 44.0 Å². The average Bonchev–Trinajstić information content (AvgIpc) is 3.63. The maximum Gasteiger partial charge on any atom is 0.225 e. The summed E-state index contributed by atoms with van der Waals surface area (Å²) in [5.74, 6) is 1.30. The predicted molar refractivity (Wildman–Crippen MR) is 125 cm³/mol. The van der Waals surface area contributed by atoms with Crippen LogP contribution >= 0.6 is 0 Å². The van der Waals surface area contributed by atoms with Gasteiger partial charge in [-0.2, -0.15) is 5.26 Å². The molecule has 1 aromatic carbocycles. The Labute approximate surface area is 189 Å². The molecule has 1 aliphatic heterocycles. The van der Waals surface area contributed by atoms with E-state index in [-0.39, 0.29) is 11.9 Å². The molecule has 4 rings (SSSR count). The topological polar surface area (TPSA) is 95.5 Å². The van der Waals surface area contributed by atoms with Crippen LogP contribution in [0.15, 0.2) is 24.3 Å². The molecule has 1 saturated heterocycles. The Bertz CT molecular complexity index is 1040. The van der Waals surface area contributed by atoms with Crippen molar-refractivity contribution in [3.63, 3.8) is 0 Å². The summed E-state index contributed by atoms with van der Waals surface area (Å²) in [6.07, 6.45) is 2.64. The molecule has 0 radical (unpaired) electrons. The molecule has 7 heteroatoms. The van der Waals surface area contributed by atoms with Crippen molar-refractivity contribution in [2.45, 2.75) is 45.1 Å². The number of nitrogens with two attached hydrogens (primary N) is 1. The van der Waals surface area contributed by atoms with Gasteiger partial charge in [0.2, 0.25) is 5.91 Å². The van der Waals surface area contributed by atoms with Gasteiger partial charge in [0.25, 0.3) is 0 Å². The largest absolute Gasteiger partial charge is 0.399 e. The summed E-state index contributed by atoms with van der Waals surface area (Å²) in [4.78, 5) is 21.7. The molecular weight excluding hydrogens is 402 g/mol. The molecule has 0 spiro atoms. The third-order valence-corrected chi connectivity index (χ3v) is 6.50. The van der Waals surface area contributed by atoms with E-state index in [2.05, 4.69) is 17.9 Å². The molecule has 1 amide bonds. The monoisotopic (exact) mass is 433 g/mol. The first-order valence-electron chi connectivity index (χ1n) is 11.3. The molecule has 2 heterocycles. The minimum absolute atomic E-state index is 0.0444. The number of methoxy groups -OCH3 is 1. The second-order valence-corrected chi connectivity index (χ2v) is 8.83. The lowest BCUT2D eigenvalue weighted by Crippen LogP contribution is -2.54. The fourth-order valence-corrected chi connectivity index (χ4v) is 4.59. The molecule has 32 heavy (non-hydrogen) atoms. The number of aromatic nitrogens is 1. The number of pyridine rings is 1. The van der Waals surface area contributed by atoms with Crippen LogP contribution in [0.3, 0.4) is 0 Å². The van der Waals surface area contributed by atoms with E-state index in [9.17, 15) is 10.1 Å². The van der Waals surface area contributed by atoms with Crippen LogP contribution in [-0.2, 0) is 9.53 Å². The molecule has 2 fully saturated rings. The summed E-state index contributed by atoms with van der Waals surface area (Å²) < 4.78 is 5.06. The lowest BCUT2D eigenvalue weighted by atomic mass is 9.93. The van der Waals surface area contributed by atoms with E-state index in [4.69, 9.17) is 15.5 Å². The molecular formula is C25H31N5O2. The molecule has 1 atom stereocenters. The minimum atomic E-state index is 0.0444. The van der Waals surface area contributed by atoms with Gasteiger partial charge in [-0.1, -0.05) is 12.1 Å². The van der Waals surface area contributed by atoms with Crippen molar-refractivity contribution in [3.05, 3.63) is 41.1 Å². The Morgan fingerprint density at radius 1 is 1.28 bits per heavy atom. The number of hydrogen-bond acceptors (Lipinski definition) is 6. The Morgan fingerprint density at radius 2 is 2.00 bits per heavy atom. The summed E-state index contributed by atoms with van der Waals surface area (Å²) in [5.41, 5.74) is 11.4. The van der Waals surface area contributed by atoms with Gasteiger partial charge < -0.3 is 20.3 Å². The highest BCUT2D eigenvalue weighted by Gasteiger charge is 2.34. The smallest absolute Gasteiger partial charge is 0.225 e. The fraction of sp³-hybridized carbons (Fsp3) is 0.480. The number of benzene rings is 1. The number of nitriles is 1. The highest BCUT2D eigenvalue weighted by molar-refractivity contribution is 5.79. The molecule has 2 aliphatic rings. The van der Waals surface area contributed by atoms with Crippen molar-refractivity contribution in [3.8, 4) is 17.2 Å². The van der Waals surface area contributed by atoms with E-state index >= 15 is 0 Å². The maximum absolute atomic E-state index is 12.5. The van der Waals surface area contributed by atoms with Gasteiger partial charge in [0.1, 0.15) is 11.9 Å². The van der Waals surface area contributed by atoms with E-state index in [0.29, 0.717) is 44.1 Å². The van der Waals surface area contributed by atoms with Gasteiger partial charge in [-0.05, 0) is 49.9 Å². The van der Waals surface area contributed by atoms with Crippen LogP contribution in [0.5, 0.6) is 0 Å². The van der Waals surface area contributed by atoms with Crippen LogP contribution in [-0.4, -0.2) is 55.2 Å². The molecule has 1 aliphatic carbocycles. The minimum Gasteiger partial charge on any atom is -0.399 e. The van der Waals surface area contributed by atoms with Crippen molar-refractivity contribution in [1.82, 2.24) is 9.88 Å². The number of rotatable bonds is 6. The second-order valence-electron chi connectivity index (χ2n) is 8.83. The molecule has 1 aromatic heterocycles. The number of anilines is 2. The summed E-state index contributed by atoms with van der Waals surface area (Å²) in [6.45, 7) is 6.45. The van der Waals surface area contributed by atoms with E-state index in [1.165, 1.54) is 0 Å². The van der Waals surface area contributed by atoms with Gasteiger partial charge in [-0.3, -0.25) is 4.79 Å². The second kappa shape index (κ2) is 9.17. The fourth-order valence-electron chi connectivity index (χ4n) is 4.59. The SMILES string of the molecule is COCCC(=O)N1CCN(c2nc(C3CC3)c(-c3ccc(N)cc3)c(C)c2C#N)C[C@H]1C. The van der Waals surface area contributed by atoms with E-state index in [0.717, 1.165) is 46.7 Å². The molecule has 2 N–H and O–H groups in total. The molecule has 0 unspecified atom stereocenters. The molecule has 168 valence electrons. The van der Waals surface area contributed by atoms with Crippen molar-refractivity contribution < 1.29 is 9.53 Å². The third-order valence-electron chi connectivity index (χ3n) is 6.50. The van der Waals surface area contributed by atoms with Crippen LogP contribution in [0.2, 0.25) is 0 Å². The number of amides is 1. The van der Waals surface area contributed by atoms with E-state index in [1.807, 2.05) is 36.1 Å². The summed E-state index contributed by atoms with van der Waals surface area (Å²) in [6, 6.07) is 10.3. The normalized spacial score (nSPS) is 18.5. The van der Waals surface area contributed by atoms with Gasteiger partial charge >= 0.3 is 0 Å². The Morgan fingerprint density at radius 3 is 2.59 bits per heavy atom. The number of piperazine rings is 1. The summed E-state index contributed by atoms with van der Waals surface area (Å²) >= 11 is 0. The third kappa shape index (κ3) is 4.28. The van der Waals surface area contributed by atoms with Crippen LogP contribution in [0.1, 0.15) is 48.9 Å². The zero-order valence-corrected chi connectivity index (χ0v) is 19.1. The number of carbonyl (C=O) groups is 1. The van der Waals surface area contributed by atoms with E-state index < -0.39 is 0 Å². The molecule has 1 saturated carbocycles. The van der Waals surface area contributed by atoms with Gasteiger partial charge in [-0.25, -0.2) is 4.98 Å². The van der Waals surface area contributed by atoms with Gasteiger partial charge in [0.15, 0.2) is 0 Å². The highest BCUT2D eigenvalue weighted by atomic mass is 16.5. The Balaban J connectivity index is 1.68. The summed E-state index contributed by atoms with van der Waals surface area (Å²) in [5, 5.41) is 10.1. The van der Waals surface area contributed by atoms with Crippen LogP contribution in [0.4, 0.5) is 11.5 Å². The standard InChI is InChI=1S/C25H31N5O2/c1-16-15-29(11-12-30(16)22(31)10-13-32-3)25-21(14-26)17(2)23(24(28-25)19-4-5-19)18-6-8-20(27)9-7-18/h6-9,16,19H,4-5,10-13,15,27H2,1-3H3/t16-/m1/s1. The first-order chi connectivity index (χ1) is 15.4. The first-order valence-corrected chi connectivity index (χ1v) is 11.3. The zero-order chi connectivity index (χ0) is 22.8. The lowest BCUT2D eigenvalue weighted by molar-refractivity contribution is -0.134. The van der Waals surface area contributed by atoms with E-state index in [1.54, 1.807) is 7.11 Å². The average molecular weight is 434 g/mol. The maximum atomic E-state index is 12.5.